The first-order valence-corrected chi connectivity index (χ1v) is 8.45. The van der Waals surface area contributed by atoms with Gasteiger partial charge in [-0.2, -0.15) is 0 Å². The monoisotopic (exact) mass is 320 g/mol. The summed E-state index contributed by atoms with van der Waals surface area (Å²) in [5.41, 5.74) is 1.23. The van der Waals surface area contributed by atoms with E-state index in [0.717, 1.165) is 17.8 Å². The van der Waals surface area contributed by atoms with Gasteiger partial charge in [-0.15, -0.1) is 16.4 Å². The molecule has 2 aromatic rings. The molecule has 1 amide bonds. The molecule has 0 bridgehead atoms. The van der Waals surface area contributed by atoms with Gasteiger partial charge in [0.25, 0.3) is 0 Å². The minimum atomic E-state index is -0.0435. The van der Waals surface area contributed by atoms with Crippen molar-refractivity contribution in [2.24, 2.45) is 0 Å². The van der Waals surface area contributed by atoms with E-state index in [1.165, 1.54) is 23.4 Å². The number of nitrogens with one attached hydrogen (secondary N) is 1. The number of aryl methyl sites for hydroxylation is 4. The topological polar surface area (TPSA) is 85.6 Å². The number of rotatable bonds is 5. The Morgan fingerprint density at radius 1 is 1.41 bits per heavy atom. The summed E-state index contributed by atoms with van der Waals surface area (Å²) in [5, 5.41) is 15.2. The van der Waals surface area contributed by atoms with Crippen molar-refractivity contribution < 1.29 is 4.79 Å². The predicted molar refractivity (Wildman–Crippen MR) is 82.5 cm³/mol. The third kappa shape index (κ3) is 3.32. The van der Waals surface area contributed by atoms with E-state index in [1.54, 1.807) is 16.0 Å². The highest BCUT2D eigenvalue weighted by molar-refractivity contribution is 7.11. The van der Waals surface area contributed by atoms with Crippen LogP contribution in [-0.2, 0) is 24.2 Å². The zero-order valence-electron chi connectivity index (χ0n) is 12.9. The van der Waals surface area contributed by atoms with Crippen LogP contribution in [0.3, 0.4) is 0 Å². The van der Waals surface area contributed by atoms with Crippen LogP contribution in [0.5, 0.6) is 0 Å². The summed E-state index contributed by atoms with van der Waals surface area (Å²) in [5.74, 6) is 0.712. The number of thiazole rings is 1. The highest BCUT2D eigenvalue weighted by atomic mass is 32.1. The van der Waals surface area contributed by atoms with E-state index in [0.29, 0.717) is 18.8 Å². The quantitative estimate of drug-likeness (QED) is 0.904. The van der Waals surface area contributed by atoms with E-state index >= 15 is 0 Å². The molecule has 0 fully saturated rings. The lowest BCUT2D eigenvalue weighted by molar-refractivity contribution is -0.122. The number of amides is 1. The molecule has 3 rings (SSSR count). The summed E-state index contributed by atoms with van der Waals surface area (Å²) < 4.78 is 1.63. The summed E-state index contributed by atoms with van der Waals surface area (Å²) >= 11 is 1.74. The smallest absolute Gasteiger partial charge is 0.222 e. The second-order valence-corrected chi connectivity index (χ2v) is 6.73. The standard InChI is InChI=1S/C14H20N6OS/c1-9(14-16-11-5-3-4-6-12(11)22-14)15-13(21)7-8-20-10(2)17-18-19-20/h9H,3-8H2,1-2H3,(H,15,21). The highest BCUT2D eigenvalue weighted by Gasteiger charge is 2.19. The van der Waals surface area contributed by atoms with Crippen molar-refractivity contribution in [2.45, 2.75) is 58.5 Å². The lowest BCUT2D eigenvalue weighted by atomic mass is 10.0. The lowest BCUT2D eigenvalue weighted by Crippen LogP contribution is -2.27. The minimum absolute atomic E-state index is 0.00410. The molecule has 22 heavy (non-hydrogen) atoms. The van der Waals surface area contributed by atoms with Crippen LogP contribution in [0.1, 0.15) is 53.6 Å². The normalized spacial score (nSPS) is 15.4. The SMILES string of the molecule is Cc1nnnn1CCC(=O)NC(C)c1nc2c(s1)CCCC2. The van der Waals surface area contributed by atoms with Crippen LogP contribution in [0, 0.1) is 6.92 Å². The van der Waals surface area contributed by atoms with E-state index in [-0.39, 0.29) is 11.9 Å². The number of hydrogen-bond acceptors (Lipinski definition) is 6. The van der Waals surface area contributed by atoms with E-state index in [1.807, 2.05) is 13.8 Å². The van der Waals surface area contributed by atoms with Crippen LogP contribution in [0.15, 0.2) is 0 Å². The summed E-state index contributed by atoms with van der Waals surface area (Å²) in [4.78, 5) is 18.1. The van der Waals surface area contributed by atoms with Crippen molar-refractivity contribution in [1.82, 2.24) is 30.5 Å². The van der Waals surface area contributed by atoms with Crippen molar-refractivity contribution in [3.05, 3.63) is 21.4 Å². The molecular weight excluding hydrogens is 300 g/mol. The number of carbonyl (C=O) groups is 1. The first kappa shape index (κ1) is 15.1. The van der Waals surface area contributed by atoms with Gasteiger partial charge in [-0.3, -0.25) is 4.79 Å². The fraction of sp³-hybridized carbons (Fsp3) is 0.643. The van der Waals surface area contributed by atoms with Gasteiger partial charge < -0.3 is 5.32 Å². The maximum atomic E-state index is 12.1. The first-order chi connectivity index (χ1) is 10.6. The Bertz CT molecular complexity index is 641. The van der Waals surface area contributed by atoms with Crippen LogP contribution >= 0.6 is 11.3 Å². The van der Waals surface area contributed by atoms with Gasteiger partial charge in [0.15, 0.2) is 0 Å². The summed E-state index contributed by atoms with van der Waals surface area (Å²) in [6, 6.07) is -0.0435. The Hall–Kier alpha value is -1.83. The lowest BCUT2D eigenvalue weighted by Gasteiger charge is -2.11. The van der Waals surface area contributed by atoms with Gasteiger partial charge >= 0.3 is 0 Å². The van der Waals surface area contributed by atoms with Gasteiger partial charge in [0.05, 0.1) is 18.3 Å². The van der Waals surface area contributed by atoms with Gasteiger partial charge in [0.1, 0.15) is 10.8 Å². The van der Waals surface area contributed by atoms with Crippen LogP contribution in [0.2, 0.25) is 0 Å². The second-order valence-electron chi connectivity index (χ2n) is 5.62. The Morgan fingerprint density at radius 2 is 2.23 bits per heavy atom. The summed E-state index contributed by atoms with van der Waals surface area (Å²) in [6.45, 7) is 4.30. The molecule has 1 aliphatic rings. The number of nitrogens with zero attached hydrogens (tertiary/aromatic N) is 5. The number of aromatic nitrogens is 5. The van der Waals surface area contributed by atoms with Gasteiger partial charge in [0, 0.05) is 11.3 Å². The maximum absolute atomic E-state index is 12.1. The molecule has 7 nitrogen and oxygen atoms in total. The average molecular weight is 320 g/mol. The third-order valence-electron chi connectivity index (χ3n) is 3.87. The van der Waals surface area contributed by atoms with Crippen molar-refractivity contribution in [2.75, 3.05) is 0 Å². The number of hydrogen-bond donors (Lipinski definition) is 1. The maximum Gasteiger partial charge on any atom is 0.222 e. The van der Waals surface area contributed by atoms with E-state index in [9.17, 15) is 4.79 Å². The van der Waals surface area contributed by atoms with Crippen molar-refractivity contribution in [3.8, 4) is 0 Å². The number of carbonyl (C=O) groups excluding carboxylic acids is 1. The third-order valence-corrected chi connectivity index (χ3v) is 5.21. The molecule has 1 unspecified atom stereocenters. The van der Waals surface area contributed by atoms with Crippen molar-refractivity contribution in [1.29, 1.82) is 0 Å². The Kier molecular flexibility index (Phi) is 4.47. The first-order valence-electron chi connectivity index (χ1n) is 7.64. The molecule has 0 spiro atoms. The number of fused-ring (bicyclic) bond motifs is 1. The second kappa shape index (κ2) is 6.51. The Morgan fingerprint density at radius 3 is 2.95 bits per heavy atom. The van der Waals surface area contributed by atoms with Gasteiger partial charge in [-0.1, -0.05) is 0 Å². The van der Waals surface area contributed by atoms with Gasteiger partial charge in [-0.25, -0.2) is 9.67 Å². The van der Waals surface area contributed by atoms with Gasteiger partial charge in [0.2, 0.25) is 5.91 Å². The zero-order chi connectivity index (χ0) is 15.5. The average Bonchev–Trinajstić information content (AvgIpc) is 3.11. The predicted octanol–water partition coefficient (Wildman–Crippen LogP) is 1.58. The molecule has 0 aromatic carbocycles. The summed E-state index contributed by atoms with van der Waals surface area (Å²) in [6.07, 6.45) is 5.04. The van der Waals surface area contributed by atoms with Crippen molar-refractivity contribution in [3.63, 3.8) is 0 Å². The van der Waals surface area contributed by atoms with Crippen LogP contribution in [0.4, 0.5) is 0 Å². The molecule has 1 aliphatic carbocycles. The van der Waals surface area contributed by atoms with Gasteiger partial charge in [-0.05, 0) is 50.0 Å². The summed E-state index contributed by atoms with van der Waals surface area (Å²) in [7, 11) is 0. The fourth-order valence-corrected chi connectivity index (χ4v) is 3.75. The van der Waals surface area contributed by atoms with E-state index in [4.69, 9.17) is 4.98 Å². The molecular formula is C14H20N6OS. The molecule has 0 saturated heterocycles. The molecule has 2 aromatic heterocycles. The van der Waals surface area contributed by atoms with Crippen molar-refractivity contribution >= 4 is 17.2 Å². The molecule has 0 aliphatic heterocycles. The van der Waals surface area contributed by atoms with Crippen LogP contribution in [-0.4, -0.2) is 31.1 Å². The Labute approximate surface area is 133 Å². The molecule has 0 radical (unpaired) electrons. The molecule has 118 valence electrons. The van der Waals surface area contributed by atoms with E-state index in [2.05, 4.69) is 20.8 Å². The molecule has 8 heteroatoms. The van der Waals surface area contributed by atoms with Crippen LogP contribution < -0.4 is 5.32 Å². The number of tetrazole rings is 1. The van der Waals surface area contributed by atoms with Crippen LogP contribution in [0.25, 0.3) is 0 Å². The van der Waals surface area contributed by atoms with E-state index < -0.39 is 0 Å². The molecule has 1 N–H and O–H groups in total. The fourth-order valence-electron chi connectivity index (χ4n) is 2.60. The molecule has 2 heterocycles. The minimum Gasteiger partial charge on any atom is -0.347 e. The largest absolute Gasteiger partial charge is 0.347 e. The molecule has 0 saturated carbocycles. The molecule has 1 atom stereocenters. The highest BCUT2D eigenvalue weighted by Crippen LogP contribution is 2.29. The Balaban J connectivity index is 1.54. The zero-order valence-corrected chi connectivity index (χ0v) is 13.7.